The van der Waals surface area contributed by atoms with Gasteiger partial charge < -0.3 is 15.2 Å². The zero-order chi connectivity index (χ0) is 12.1. The summed E-state index contributed by atoms with van der Waals surface area (Å²) in [7, 11) is 0. The van der Waals surface area contributed by atoms with Gasteiger partial charge in [0.2, 0.25) is 0 Å². The van der Waals surface area contributed by atoms with Crippen molar-refractivity contribution in [3.8, 4) is 0 Å². The SMILES string of the molecule is Cc1ccsc1CNC1(CCO)CCOCC1. The molecule has 0 spiro atoms. The van der Waals surface area contributed by atoms with Crippen LogP contribution in [0.4, 0.5) is 0 Å². The minimum Gasteiger partial charge on any atom is -0.396 e. The Morgan fingerprint density at radius 3 is 2.82 bits per heavy atom. The van der Waals surface area contributed by atoms with E-state index >= 15 is 0 Å². The van der Waals surface area contributed by atoms with Crippen LogP contribution in [0.25, 0.3) is 0 Å². The third-order valence-electron chi connectivity index (χ3n) is 3.63. The van der Waals surface area contributed by atoms with Crippen LogP contribution in [0.15, 0.2) is 11.4 Å². The highest BCUT2D eigenvalue weighted by Gasteiger charge is 2.31. The lowest BCUT2D eigenvalue weighted by Gasteiger charge is -2.38. The highest BCUT2D eigenvalue weighted by atomic mass is 32.1. The smallest absolute Gasteiger partial charge is 0.0483 e. The second-order valence-electron chi connectivity index (χ2n) is 4.75. The Kier molecular flexibility index (Phi) is 4.56. The Balaban J connectivity index is 1.95. The molecule has 1 aliphatic heterocycles. The van der Waals surface area contributed by atoms with Crippen molar-refractivity contribution in [2.45, 2.75) is 38.3 Å². The van der Waals surface area contributed by atoms with Gasteiger partial charge in [0, 0.05) is 36.8 Å². The quantitative estimate of drug-likeness (QED) is 0.846. The zero-order valence-corrected chi connectivity index (χ0v) is 11.2. The summed E-state index contributed by atoms with van der Waals surface area (Å²) in [5.74, 6) is 0. The molecule has 3 nitrogen and oxygen atoms in total. The zero-order valence-electron chi connectivity index (χ0n) is 10.4. The maximum absolute atomic E-state index is 9.22. The van der Waals surface area contributed by atoms with Gasteiger partial charge in [0.05, 0.1) is 0 Å². The average Bonchev–Trinajstić information content (AvgIpc) is 2.74. The van der Waals surface area contributed by atoms with Crippen molar-refractivity contribution >= 4 is 11.3 Å². The highest BCUT2D eigenvalue weighted by Crippen LogP contribution is 2.26. The molecule has 0 aromatic carbocycles. The van der Waals surface area contributed by atoms with Crippen molar-refractivity contribution in [2.24, 2.45) is 0 Å². The number of nitrogens with one attached hydrogen (secondary N) is 1. The van der Waals surface area contributed by atoms with Crippen molar-refractivity contribution < 1.29 is 9.84 Å². The molecule has 1 aromatic heterocycles. The molecule has 2 rings (SSSR count). The molecule has 0 aliphatic carbocycles. The van der Waals surface area contributed by atoms with Crippen LogP contribution in [0, 0.1) is 6.92 Å². The molecule has 4 heteroatoms. The van der Waals surface area contributed by atoms with E-state index in [1.54, 1.807) is 11.3 Å². The molecule has 1 aliphatic rings. The van der Waals surface area contributed by atoms with E-state index in [0.717, 1.165) is 39.0 Å². The van der Waals surface area contributed by atoms with Crippen molar-refractivity contribution in [3.05, 3.63) is 21.9 Å². The molecule has 2 heterocycles. The number of ether oxygens (including phenoxy) is 1. The number of thiophene rings is 1. The fourth-order valence-electron chi connectivity index (χ4n) is 2.34. The maximum atomic E-state index is 9.22. The Hall–Kier alpha value is -0.420. The van der Waals surface area contributed by atoms with Gasteiger partial charge >= 0.3 is 0 Å². The summed E-state index contributed by atoms with van der Waals surface area (Å²) in [6, 6.07) is 2.16. The number of hydrogen-bond acceptors (Lipinski definition) is 4. The first-order valence-corrected chi connectivity index (χ1v) is 7.10. The number of hydrogen-bond donors (Lipinski definition) is 2. The summed E-state index contributed by atoms with van der Waals surface area (Å²) in [6.07, 6.45) is 2.82. The van der Waals surface area contributed by atoms with Crippen LogP contribution in [0.3, 0.4) is 0 Å². The van der Waals surface area contributed by atoms with E-state index in [2.05, 4.69) is 23.7 Å². The molecule has 0 radical (unpaired) electrons. The lowest BCUT2D eigenvalue weighted by molar-refractivity contribution is 0.0268. The Morgan fingerprint density at radius 2 is 2.24 bits per heavy atom. The van der Waals surface area contributed by atoms with E-state index in [1.807, 2.05) is 0 Å². The molecule has 0 unspecified atom stereocenters. The van der Waals surface area contributed by atoms with Gasteiger partial charge in [-0.3, -0.25) is 0 Å². The van der Waals surface area contributed by atoms with Crippen molar-refractivity contribution in [3.63, 3.8) is 0 Å². The molecule has 0 amide bonds. The van der Waals surface area contributed by atoms with Gasteiger partial charge in [0.1, 0.15) is 0 Å². The molecular weight excluding hydrogens is 234 g/mol. The van der Waals surface area contributed by atoms with E-state index in [0.29, 0.717) is 0 Å². The summed E-state index contributed by atoms with van der Waals surface area (Å²) >= 11 is 1.80. The van der Waals surface area contributed by atoms with Crippen LogP contribution in [0.1, 0.15) is 29.7 Å². The van der Waals surface area contributed by atoms with Crippen LogP contribution in [-0.4, -0.2) is 30.5 Å². The molecule has 1 saturated heterocycles. The van der Waals surface area contributed by atoms with Gasteiger partial charge in [-0.15, -0.1) is 11.3 Å². The first-order valence-electron chi connectivity index (χ1n) is 6.22. The van der Waals surface area contributed by atoms with Gasteiger partial charge in [-0.1, -0.05) is 0 Å². The third-order valence-corrected chi connectivity index (χ3v) is 4.66. The average molecular weight is 255 g/mol. The summed E-state index contributed by atoms with van der Waals surface area (Å²) in [6.45, 7) is 4.91. The van der Waals surface area contributed by atoms with Crippen LogP contribution >= 0.6 is 11.3 Å². The molecule has 17 heavy (non-hydrogen) atoms. The van der Waals surface area contributed by atoms with E-state index in [1.165, 1.54) is 10.4 Å². The van der Waals surface area contributed by atoms with E-state index in [9.17, 15) is 5.11 Å². The number of aliphatic hydroxyl groups is 1. The van der Waals surface area contributed by atoms with E-state index < -0.39 is 0 Å². The molecule has 0 saturated carbocycles. The topological polar surface area (TPSA) is 41.5 Å². The Bertz CT molecular complexity index is 339. The van der Waals surface area contributed by atoms with Crippen molar-refractivity contribution in [1.82, 2.24) is 5.32 Å². The fraction of sp³-hybridized carbons (Fsp3) is 0.692. The molecule has 96 valence electrons. The minimum atomic E-state index is 0.0728. The number of aryl methyl sites for hydroxylation is 1. The van der Waals surface area contributed by atoms with Gasteiger partial charge in [-0.2, -0.15) is 0 Å². The summed E-state index contributed by atoms with van der Waals surface area (Å²) in [5.41, 5.74) is 1.43. The number of rotatable bonds is 5. The van der Waals surface area contributed by atoms with Gasteiger partial charge in [0.15, 0.2) is 0 Å². The van der Waals surface area contributed by atoms with Crippen molar-refractivity contribution in [2.75, 3.05) is 19.8 Å². The van der Waals surface area contributed by atoms with Crippen LogP contribution in [0.2, 0.25) is 0 Å². The predicted molar refractivity (Wildman–Crippen MR) is 70.4 cm³/mol. The molecule has 0 atom stereocenters. The Morgan fingerprint density at radius 1 is 1.47 bits per heavy atom. The van der Waals surface area contributed by atoms with E-state index in [-0.39, 0.29) is 12.1 Å². The highest BCUT2D eigenvalue weighted by molar-refractivity contribution is 7.10. The molecule has 1 fully saturated rings. The lowest BCUT2D eigenvalue weighted by Crippen LogP contribution is -2.49. The second kappa shape index (κ2) is 5.96. The molecule has 1 aromatic rings. The van der Waals surface area contributed by atoms with Gasteiger partial charge in [0.25, 0.3) is 0 Å². The molecular formula is C13H21NO2S. The van der Waals surface area contributed by atoms with Gasteiger partial charge in [-0.25, -0.2) is 0 Å². The standard InChI is InChI=1S/C13H21NO2S/c1-11-2-9-17-12(11)10-14-13(3-6-15)4-7-16-8-5-13/h2,9,14-15H,3-8,10H2,1H3. The maximum Gasteiger partial charge on any atom is 0.0483 e. The van der Waals surface area contributed by atoms with Gasteiger partial charge in [-0.05, 0) is 43.2 Å². The van der Waals surface area contributed by atoms with Crippen LogP contribution < -0.4 is 5.32 Å². The van der Waals surface area contributed by atoms with Crippen LogP contribution in [0.5, 0.6) is 0 Å². The first kappa shape index (κ1) is 13.0. The lowest BCUT2D eigenvalue weighted by atomic mass is 9.87. The van der Waals surface area contributed by atoms with E-state index in [4.69, 9.17) is 4.74 Å². The first-order chi connectivity index (χ1) is 8.26. The monoisotopic (exact) mass is 255 g/mol. The normalized spacial score (nSPS) is 19.4. The minimum absolute atomic E-state index is 0.0728. The summed E-state index contributed by atoms with van der Waals surface area (Å²) in [5, 5.41) is 15.0. The number of aliphatic hydroxyl groups excluding tert-OH is 1. The van der Waals surface area contributed by atoms with Crippen LogP contribution in [-0.2, 0) is 11.3 Å². The Labute approximate surface area is 107 Å². The molecule has 2 N–H and O–H groups in total. The third kappa shape index (κ3) is 3.28. The van der Waals surface area contributed by atoms with Crippen molar-refractivity contribution in [1.29, 1.82) is 0 Å². The second-order valence-corrected chi connectivity index (χ2v) is 5.75. The molecule has 0 bridgehead atoms. The predicted octanol–water partition coefficient (Wildman–Crippen LogP) is 2.08. The summed E-state index contributed by atoms with van der Waals surface area (Å²) < 4.78 is 5.41. The summed E-state index contributed by atoms with van der Waals surface area (Å²) in [4.78, 5) is 1.40. The largest absolute Gasteiger partial charge is 0.396 e. The fourth-order valence-corrected chi connectivity index (χ4v) is 3.19.